The maximum Gasteiger partial charge on any atom is 0.0645 e. The van der Waals surface area contributed by atoms with Crippen LogP contribution in [-0.4, -0.2) is 0 Å². The minimum absolute atomic E-state index is 0.0334. The number of nitrogens with one attached hydrogen (secondary N) is 1. The summed E-state index contributed by atoms with van der Waals surface area (Å²) in [4.78, 5) is 0. The fourth-order valence-corrected chi connectivity index (χ4v) is 3.95. The average Bonchev–Trinajstić information content (AvgIpc) is 3.34. The molecule has 0 heterocycles. The molecule has 0 aromatic heterocycles. The van der Waals surface area contributed by atoms with Gasteiger partial charge >= 0.3 is 0 Å². The Kier molecular flexibility index (Phi) is 3.16. The molecule has 8 aromatic rings. The van der Waals surface area contributed by atoms with E-state index in [-0.39, 0.29) is 89.5 Å². The zero-order chi connectivity index (χ0) is 53.8. The molecule has 0 spiro atoms. The summed E-state index contributed by atoms with van der Waals surface area (Å²) in [6.07, 6.45) is 0. The Labute approximate surface area is 299 Å². The van der Waals surface area contributed by atoms with E-state index in [9.17, 15) is 0 Å². The fraction of sp³-hybridized carbons (Fsp3) is 0. The standard InChI is InChI=1S/C20H15N.C10H7Br.C10H9N/c1-3-11-17-15(7-1)9-5-13-19(17)21-20-14-6-10-16-8-2-4-12-18(16)20;2*11-10-7-3-5-8-4-1-2-6-9(8)10/h1-14,21H;1-7H;1-7H,11H2/i1D,2D,3D,4D,5D,6D,7D,8D,9D,10D,11D,12D,13D,14D;2*1D,2D,3D,4D,5D,6D,7D. The molecule has 0 aliphatic rings. The van der Waals surface area contributed by atoms with Gasteiger partial charge in [0.15, 0.2) is 0 Å². The van der Waals surface area contributed by atoms with E-state index in [0.29, 0.717) is 0 Å². The lowest BCUT2D eigenvalue weighted by molar-refractivity contribution is 1.61. The molecule has 0 amide bonds. The molecule has 3 heteroatoms. The second kappa shape index (κ2) is 13.2. The zero-order valence-electron chi connectivity index (χ0n) is 49.5. The summed E-state index contributed by atoms with van der Waals surface area (Å²) in [7, 11) is 0. The predicted molar refractivity (Wildman–Crippen MR) is 191 cm³/mol. The normalized spacial score (nSPS) is 19.7. The summed E-state index contributed by atoms with van der Waals surface area (Å²) in [5.41, 5.74) is 4.65. The maximum absolute atomic E-state index is 8.39. The van der Waals surface area contributed by atoms with Gasteiger partial charge in [-0.3, -0.25) is 0 Å². The van der Waals surface area contributed by atoms with E-state index in [1.165, 1.54) is 0 Å². The van der Waals surface area contributed by atoms with Crippen LogP contribution in [0.1, 0.15) is 38.4 Å². The van der Waals surface area contributed by atoms with E-state index in [1.807, 2.05) is 0 Å². The molecule has 0 atom stereocenters. The second-order valence-electron chi connectivity index (χ2n) is 8.10. The van der Waals surface area contributed by atoms with Crippen molar-refractivity contribution in [3.63, 3.8) is 0 Å². The van der Waals surface area contributed by atoms with Crippen LogP contribution in [0, 0.1) is 0 Å². The molecular formula is C40H31BrN2. The van der Waals surface area contributed by atoms with Crippen LogP contribution in [0.15, 0.2) is 174 Å². The first kappa shape index (κ1) is 10.3. The van der Waals surface area contributed by atoms with Crippen LogP contribution in [-0.2, 0) is 0 Å². The molecule has 8 aromatic carbocycles. The minimum Gasteiger partial charge on any atom is -0.398 e. The highest BCUT2D eigenvalue weighted by Crippen LogP contribution is 2.30. The fourth-order valence-electron chi connectivity index (χ4n) is 3.55. The molecule has 43 heavy (non-hydrogen) atoms. The SMILES string of the molecule is [2H]c1c([2H])c([2H])c2c(Br)c([2H])c([2H])c([2H])c2c1[2H].[2H]c1c([2H])c([2H])c2c(N)c([2H])c([2H])c([2H])c2c1[2H].[2H]c1c([2H])c([2H])c2c(Nc3c([2H])c([2H])c([2H])c4c([2H])c([2H])c([2H])c([2H])c34)c([2H])c([2H])c([2H])c2c1[2H]. The number of anilines is 3. The van der Waals surface area contributed by atoms with Crippen LogP contribution in [0.3, 0.4) is 0 Å². The van der Waals surface area contributed by atoms with Gasteiger partial charge in [0, 0.05) is 37.7 Å². The van der Waals surface area contributed by atoms with Gasteiger partial charge in [0.2, 0.25) is 0 Å². The molecule has 8 rings (SSSR count). The highest BCUT2D eigenvalue weighted by Gasteiger charge is 2.04. The predicted octanol–water partition coefficient (Wildman–Crippen LogP) is 11.8. The van der Waals surface area contributed by atoms with Crippen LogP contribution in [0.25, 0.3) is 43.1 Å². The van der Waals surface area contributed by atoms with Gasteiger partial charge in [0.1, 0.15) is 0 Å². The van der Waals surface area contributed by atoms with Crippen molar-refractivity contribution in [1.82, 2.24) is 0 Å². The van der Waals surface area contributed by atoms with E-state index in [4.69, 9.17) is 44.1 Å². The molecular weight excluding hydrogens is 588 g/mol. The van der Waals surface area contributed by atoms with Gasteiger partial charge in [-0.05, 0) is 51.1 Å². The first-order chi connectivity index (χ1) is 32.8. The average molecular weight is 648 g/mol. The van der Waals surface area contributed by atoms with E-state index in [2.05, 4.69) is 21.2 Å². The minimum atomic E-state index is -0.675. The lowest BCUT2D eigenvalue weighted by Gasteiger charge is -2.12. The van der Waals surface area contributed by atoms with Crippen molar-refractivity contribution >= 4 is 76.1 Å². The van der Waals surface area contributed by atoms with Crippen molar-refractivity contribution < 1.29 is 38.4 Å². The molecule has 2 nitrogen and oxygen atoms in total. The zero-order valence-corrected chi connectivity index (χ0v) is 23.0. The number of halogens is 1. The first-order valence-corrected chi connectivity index (χ1v) is 12.8. The summed E-state index contributed by atoms with van der Waals surface area (Å²) >= 11 is 3.07. The summed E-state index contributed by atoms with van der Waals surface area (Å²) in [6.45, 7) is 0. The number of rotatable bonds is 2. The molecule has 0 radical (unpaired) electrons. The van der Waals surface area contributed by atoms with Gasteiger partial charge in [-0.25, -0.2) is 0 Å². The van der Waals surface area contributed by atoms with Crippen LogP contribution in [0.5, 0.6) is 0 Å². The van der Waals surface area contributed by atoms with Gasteiger partial charge in [-0.2, -0.15) is 0 Å². The topological polar surface area (TPSA) is 38.0 Å². The monoisotopic (exact) mass is 646 g/mol. The third-order valence-electron chi connectivity index (χ3n) is 5.48. The Hall–Kier alpha value is -5.12. The van der Waals surface area contributed by atoms with Gasteiger partial charge in [-0.1, -0.05) is 161 Å². The Morgan fingerprint density at radius 2 is 0.744 bits per heavy atom. The Balaban J connectivity index is 0.000000192. The largest absolute Gasteiger partial charge is 0.398 e. The van der Waals surface area contributed by atoms with E-state index < -0.39 is 144 Å². The van der Waals surface area contributed by atoms with Gasteiger partial charge in [0.05, 0.1) is 38.4 Å². The van der Waals surface area contributed by atoms with Crippen LogP contribution >= 0.6 is 15.9 Å². The number of nitrogens with two attached hydrogens (primary N) is 1. The van der Waals surface area contributed by atoms with Crippen molar-refractivity contribution in [2.45, 2.75) is 0 Å². The Morgan fingerprint density at radius 1 is 0.395 bits per heavy atom. The van der Waals surface area contributed by atoms with Gasteiger partial charge in [0.25, 0.3) is 0 Å². The van der Waals surface area contributed by atoms with Crippen LogP contribution in [0.2, 0.25) is 0 Å². The van der Waals surface area contributed by atoms with Crippen molar-refractivity contribution in [1.29, 1.82) is 0 Å². The van der Waals surface area contributed by atoms with E-state index >= 15 is 0 Å². The number of benzene rings is 8. The number of hydrogen-bond acceptors (Lipinski definition) is 2. The lowest BCUT2D eigenvalue weighted by Crippen LogP contribution is -1.92. The highest BCUT2D eigenvalue weighted by atomic mass is 79.9. The number of nitrogen functional groups attached to an aromatic ring is 1. The van der Waals surface area contributed by atoms with Gasteiger partial charge in [-0.15, -0.1) is 0 Å². The Morgan fingerprint density at radius 3 is 1.28 bits per heavy atom. The second-order valence-corrected chi connectivity index (χ2v) is 8.90. The quantitative estimate of drug-likeness (QED) is 0.183. The summed E-state index contributed by atoms with van der Waals surface area (Å²) in [6, 6.07) is -14.4. The van der Waals surface area contributed by atoms with Crippen molar-refractivity contribution in [3.05, 3.63) is 174 Å². The highest BCUT2D eigenvalue weighted by molar-refractivity contribution is 9.10. The molecule has 0 aliphatic heterocycles. The molecule has 0 saturated carbocycles. The summed E-state index contributed by atoms with van der Waals surface area (Å²) in [5, 5.41) is 1.14. The van der Waals surface area contributed by atoms with Crippen molar-refractivity contribution in [3.8, 4) is 0 Å². The van der Waals surface area contributed by atoms with E-state index in [0.717, 1.165) is 0 Å². The molecule has 0 fully saturated rings. The smallest absolute Gasteiger partial charge is 0.0645 e. The van der Waals surface area contributed by atoms with E-state index in [1.54, 1.807) is 0 Å². The van der Waals surface area contributed by atoms with Crippen LogP contribution < -0.4 is 11.1 Å². The third kappa shape index (κ3) is 6.53. The van der Waals surface area contributed by atoms with Gasteiger partial charge < -0.3 is 11.1 Å². The molecule has 0 bridgehead atoms. The maximum atomic E-state index is 8.39. The molecule has 0 unspecified atom stereocenters. The number of hydrogen-bond donors (Lipinski definition) is 2. The summed E-state index contributed by atoms with van der Waals surface area (Å²) in [5.74, 6) is 0. The first-order valence-electron chi connectivity index (χ1n) is 26.0. The van der Waals surface area contributed by atoms with Crippen LogP contribution in [0.4, 0.5) is 17.1 Å². The number of fused-ring (bicyclic) bond motifs is 4. The Bertz CT molecular complexity index is 3210. The third-order valence-corrected chi connectivity index (χ3v) is 6.08. The molecule has 3 N–H and O–H groups in total. The molecule has 0 aliphatic carbocycles. The lowest BCUT2D eigenvalue weighted by atomic mass is 10.1. The molecule has 208 valence electrons. The van der Waals surface area contributed by atoms with Crippen molar-refractivity contribution in [2.24, 2.45) is 0 Å². The van der Waals surface area contributed by atoms with Crippen molar-refractivity contribution in [2.75, 3.05) is 11.1 Å². The summed E-state index contributed by atoms with van der Waals surface area (Å²) < 4.78 is 221. The molecule has 0 saturated heterocycles.